The van der Waals surface area contributed by atoms with Crippen molar-refractivity contribution >= 4 is 17.0 Å². The number of hydrogen-bond acceptors (Lipinski definition) is 4. The molecule has 0 bridgehead atoms. The van der Waals surface area contributed by atoms with E-state index in [0.29, 0.717) is 11.0 Å². The van der Waals surface area contributed by atoms with Crippen molar-refractivity contribution in [2.45, 2.75) is 0 Å². The van der Waals surface area contributed by atoms with Crippen LogP contribution in [0.25, 0.3) is 11.0 Å². The van der Waals surface area contributed by atoms with Crippen molar-refractivity contribution in [2.24, 2.45) is 0 Å². The van der Waals surface area contributed by atoms with Gasteiger partial charge in [-0.15, -0.1) is 0 Å². The van der Waals surface area contributed by atoms with Gasteiger partial charge >= 0.3 is 5.97 Å². The summed E-state index contributed by atoms with van der Waals surface area (Å²) in [6, 6.07) is 10.4. The summed E-state index contributed by atoms with van der Waals surface area (Å²) in [6.45, 7) is 0. The Kier molecular flexibility index (Phi) is 3.19. The van der Waals surface area contributed by atoms with Crippen LogP contribution in [0.5, 0.6) is 11.6 Å². The molecule has 0 aliphatic heterocycles. The van der Waals surface area contributed by atoms with Crippen molar-refractivity contribution in [3.63, 3.8) is 0 Å². The molecule has 0 saturated heterocycles. The number of halogens is 1. The molecular weight excluding hydrogens is 275 g/mol. The minimum Gasteiger partial charge on any atom is -0.478 e. The Morgan fingerprint density at radius 3 is 2.67 bits per heavy atom. The van der Waals surface area contributed by atoms with Crippen molar-refractivity contribution in [1.82, 2.24) is 9.97 Å². The monoisotopic (exact) mass is 284 g/mol. The zero-order valence-corrected chi connectivity index (χ0v) is 10.7. The van der Waals surface area contributed by atoms with E-state index in [1.54, 1.807) is 18.2 Å². The van der Waals surface area contributed by atoms with Gasteiger partial charge in [0.1, 0.15) is 17.1 Å². The highest BCUT2D eigenvalue weighted by atomic mass is 19.1. The number of ether oxygens (including phenoxy) is 1. The molecule has 3 aromatic rings. The Morgan fingerprint density at radius 1 is 1.14 bits per heavy atom. The average molecular weight is 284 g/mol. The molecule has 1 N–H and O–H groups in total. The molecule has 2 aromatic carbocycles. The molecule has 6 heteroatoms. The first-order chi connectivity index (χ1) is 10.1. The van der Waals surface area contributed by atoms with E-state index in [0.717, 1.165) is 18.2 Å². The quantitative estimate of drug-likeness (QED) is 0.799. The minimum absolute atomic E-state index is 0.0989. The summed E-state index contributed by atoms with van der Waals surface area (Å²) >= 11 is 0. The number of para-hydroxylation sites is 2. The SMILES string of the molecule is O=C(O)c1ccc(F)cc1Oc1cnc2ccccc2n1. The lowest BCUT2D eigenvalue weighted by Crippen LogP contribution is -2.01. The Morgan fingerprint density at radius 2 is 1.90 bits per heavy atom. The number of carboxylic acids is 1. The normalized spacial score (nSPS) is 10.5. The van der Waals surface area contributed by atoms with Gasteiger partial charge in [-0.1, -0.05) is 12.1 Å². The van der Waals surface area contributed by atoms with Gasteiger partial charge < -0.3 is 9.84 Å². The molecule has 0 saturated carbocycles. The van der Waals surface area contributed by atoms with Crippen LogP contribution < -0.4 is 4.74 Å². The van der Waals surface area contributed by atoms with Crippen molar-refractivity contribution in [1.29, 1.82) is 0 Å². The van der Waals surface area contributed by atoms with Crippen LogP contribution >= 0.6 is 0 Å². The van der Waals surface area contributed by atoms with E-state index in [-0.39, 0.29) is 17.2 Å². The van der Waals surface area contributed by atoms with Crippen LogP contribution in [-0.2, 0) is 0 Å². The second kappa shape index (κ2) is 5.16. The van der Waals surface area contributed by atoms with Gasteiger partial charge in [0.25, 0.3) is 0 Å². The lowest BCUT2D eigenvalue weighted by atomic mass is 10.2. The maximum absolute atomic E-state index is 13.3. The first-order valence-electron chi connectivity index (χ1n) is 6.06. The highest BCUT2D eigenvalue weighted by molar-refractivity contribution is 5.91. The molecule has 5 nitrogen and oxygen atoms in total. The molecule has 0 spiro atoms. The largest absolute Gasteiger partial charge is 0.478 e. The third-order valence-corrected chi connectivity index (χ3v) is 2.82. The average Bonchev–Trinajstić information content (AvgIpc) is 2.47. The smallest absolute Gasteiger partial charge is 0.339 e. The van der Waals surface area contributed by atoms with Gasteiger partial charge in [0.2, 0.25) is 5.88 Å². The standard InChI is InChI=1S/C15H9FN2O3/c16-9-5-6-10(15(19)20)13(7-9)21-14-8-17-11-3-1-2-4-12(11)18-14/h1-8H,(H,19,20). The number of hydrogen-bond donors (Lipinski definition) is 1. The molecule has 0 fully saturated rings. The fourth-order valence-corrected chi connectivity index (χ4v) is 1.86. The summed E-state index contributed by atoms with van der Waals surface area (Å²) in [5.74, 6) is -1.82. The summed E-state index contributed by atoms with van der Waals surface area (Å²) in [5.41, 5.74) is 1.14. The molecular formula is C15H9FN2O3. The molecule has 0 amide bonds. The van der Waals surface area contributed by atoms with Crippen molar-refractivity contribution < 1.29 is 19.0 Å². The summed E-state index contributed by atoms with van der Waals surface area (Å²) in [5, 5.41) is 9.07. The van der Waals surface area contributed by atoms with Crippen LogP contribution in [0.15, 0.2) is 48.7 Å². The second-order valence-electron chi connectivity index (χ2n) is 4.24. The molecule has 0 aliphatic carbocycles. The molecule has 104 valence electrons. The van der Waals surface area contributed by atoms with Gasteiger partial charge in [0, 0.05) is 6.07 Å². The summed E-state index contributed by atoms with van der Waals surface area (Å²) in [6.07, 6.45) is 1.36. The number of rotatable bonds is 3. The number of fused-ring (bicyclic) bond motifs is 1. The molecule has 0 aliphatic rings. The van der Waals surface area contributed by atoms with Crippen molar-refractivity contribution in [3.05, 3.63) is 60.0 Å². The summed E-state index contributed by atoms with van der Waals surface area (Å²) in [7, 11) is 0. The Hall–Kier alpha value is -3.02. The van der Waals surface area contributed by atoms with Gasteiger partial charge in [0.05, 0.1) is 17.2 Å². The van der Waals surface area contributed by atoms with Crippen molar-refractivity contribution in [3.8, 4) is 11.6 Å². The third-order valence-electron chi connectivity index (χ3n) is 2.82. The van der Waals surface area contributed by atoms with E-state index >= 15 is 0 Å². The molecule has 0 atom stereocenters. The summed E-state index contributed by atoms with van der Waals surface area (Å²) < 4.78 is 18.6. The van der Waals surface area contributed by atoms with Crippen LogP contribution in [0.1, 0.15) is 10.4 Å². The number of benzene rings is 2. The zero-order chi connectivity index (χ0) is 14.8. The first-order valence-corrected chi connectivity index (χ1v) is 6.06. The van der Waals surface area contributed by atoms with E-state index in [4.69, 9.17) is 9.84 Å². The van der Waals surface area contributed by atoms with E-state index in [1.165, 1.54) is 6.20 Å². The maximum atomic E-state index is 13.3. The minimum atomic E-state index is -1.21. The Labute approximate surface area is 118 Å². The van der Waals surface area contributed by atoms with E-state index in [2.05, 4.69) is 9.97 Å². The topological polar surface area (TPSA) is 72.3 Å². The van der Waals surface area contributed by atoms with Gasteiger partial charge in [-0.05, 0) is 24.3 Å². The van der Waals surface area contributed by atoms with Crippen LogP contribution in [0.3, 0.4) is 0 Å². The second-order valence-corrected chi connectivity index (χ2v) is 4.24. The highest BCUT2D eigenvalue weighted by Gasteiger charge is 2.14. The third kappa shape index (κ3) is 2.64. The molecule has 1 heterocycles. The van der Waals surface area contributed by atoms with E-state index in [1.807, 2.05) is 6.07 Å². The zero-order valence-electron chi connectivity index (χ0n) is 10.7. The fraction of sp³-hybridized carbons (Fsp3) is 0. The molecule has 0 radical (unpaired) electrons. The van der Waals surface area contributed by atoms with Gasteiger partial charge in [-0.3, -0.25) is 0 Å². The number of aromatic nitrogens is 2. The number of carboxylic acid groups (broad SMARTS) is 1. The Balaban J connectivity index is 2.02. The first kappa shape index (κ1) is 13.0. The predicted octanol–water partition coefficient (Wildman–Crippen LogP) is 3.26. The molecule has 21 heavy (non-hydrogen) atoms. The summed E-state index contributed by atoms with van der Waals surface area (Å²) in [4.78, 5) is 19.4. The predicted molar refractivity (Wildman–Crippen MR) is 73.0 cm³/mol. The van der Waals surface area contributed by atoms with Crippen LogP contribution in [0.4, 0.5) is 4.39 Å². The number of carbonyl (C=O) groups is 1. The molecule has 1 aromatic heterocycles. The van der Waals surface area contributed by atoms with Crippen molar-refractivity contribution in [2.75, 3.05) is 0 Å². The van der Waals surface area contributed by atoms with Gasteiger partial charge in [0.15, 0.2) is 0 Å². The fourth-order valence-electron chi connectivity index (χ4n) is 1.86. The lowest BCUT2D eigenvalue weighted by molar-refractivity contribution is 0.0694. The maximum Gasteiger partial charge on any atom is 0.339 e. The number of nitrogens with zero attached hydrogens (tertiary/aromatic N) is 2. The van der Waals surface area contributed by atoms with Crippen LogP contribution in [0, 0.1) is 5.82 Å². The van der Waals surface area contributed by atoms with Crippen LogP contribution in [-0.4, -0.2) is 21.0 Å². The van der Waals surface area contributed by atoms with Gasteiger partial charge in [-0.25, -0.2) is 19.2 Å². The molecule has 0 unspecified atom stereocenters. The molecule has 3 rings (SSSR count). The number of aromatic carboxylic acids is 1. The van der Waals surface area contributed by atoms with Crippen LogP contribution in [0.2, 0.25) is 0 Å². The van der Waals surface area contributed by atoms with E-state index < -0.39 is 11.8 Å². The highest BCUT2D eigenvalue weighted by Crippen LogP contribution is 2.25. The Bertz CT molecular complexity index is 836. The van der Waals surface area contributed by atoms with Gasteiger partial charge in [-0.2, -0.15) is 0 Å². The lowest BCUT2D eigenvalue weighted by Gasteiger charge is -2.08. The van der Waals surface area contributed by atoms with E-state index in [9.17, 15) is 9.18 Å².